The van der Waals surface area contributed by atoms with Gasteiger partial charge < -0.3 is 15.5 Å². The average molecular weight is 587 g/mol. The maximum atomic E-state index is 14.1. The number of hydrogen-bond donors (Lipinski definition) is 2. The molecule has 6 rings (SSSR count). The van der Waals surface area contributed by atoms with Crippen LogP contribution in [0.3, 0.4) is 0 Å². The van der Waals surface area contributed by atoms with Gasteiger partial charge in [-0.15, -0.1) is 0 Å². The number of H-pyrrole nitrogens is 1. The number of rotatable bonds is 9. The van der Waals surface area contributed by atoms with Crippen LogP contribution in [-0.2, 0) is 21.2 Å². The van der Waals surface area contributed by atoms with Gasteiger partial charge in [-0.1, -0.05) is 42.8 Å². The maximum absolute atomic E-state index is 14.1. The molecule has 3 amide bonds. The summed E-state index contributed by atoms with van der Waals surface area (Å²) in [7, 11) is -4.37. The zero-order chi connectivity index (χ0) is 29.3. The van der Waals surface area contributed by atoms with Crippen LogP contribution in [0.15, 0.2) is 90.0 Å². The highest BCUT2D eigenvalue weighted by Crippen LogP contribution is 2.35. The molecule has 1 aliphatic heterocycles. The molecule has 1 saturated carbocycles. The molecule has 0 bridgehead atoms. The number of nitrogens with one attached hydrogen (secondary N) is 1. The topological polar surface area (TPSA) is 126 Å². The van der Waals surface area contributed by atoms with E-state index in [1.165, 1.54) is 12.1 Å². The number of sulfonamides is 1. The number of nitrogens with two attached hydrogens (primary N) is 1. The molecule has 1 aromatic heterocycles. The minimum absolute atomic E-state index is 0.0651. The van der Waals surface area contributed by atoms with Crippen molar-refractivity contribution < 1.29 is 22.7 Å². The van der Waals surface area contributed by atoms with Gasteiger partial charge in [0.2, 0.25) is 0 Å². The number of aromatic nitrogens is 1. The van der Waals surface area contributed by atoms with Gasteiger partial charge in [-0.2, -0.15) is 0 Å². The van der Waals surface area contributed by atoms with Crippen LogP contribution < -0.4 is 10.5 Å². The fraction of sp³-hybridized carbons (Fsp3) is 0.312. The lowest BCUT2D eigenvalue weighted by atomic mass is 9.81. The molecule has 0 radical (unpaired) electrons. The summed E-state index contributed by atoms with van der Waals surface area (Å²) in [5.74, 6) is 1.00. The third-order valence-electron chi connectivity index (χ3n) is 8.37. The number of urea groups is 1. The summed E-state index contributed by atoms with van der Waals surface area (Å²) in [6.45, 7) is 0.750. The van der Waals surface area contributed by atoms with E-state index in [9.17, 15) is 18.0 Å². The van der Waals surface area contributed by atoms with Crippen LogP contribution in [-0.4, -0.2) is 53.7 Å². The minimum Gasteiger partial charge on any atom is -0.457 e. The molecule has 4 aromatic rings. The van der Waals surface area contributed by atoms with E-state index in [0.29, 0.717) is 24.0 Å². The molecule has 218 valence electrons. The Bertz CT molecular complexity index is 1690. The van der Waals surface area contributed by atoms with Gasteiger partial charge in [0, 0.05) is 30.1 Å². The molecule has 1 aliphatic carbocycles. The van der Waals surface area contributed by atoms with Crippen LogP contribution in [0.2, 0.25) is 0 Å². The van der Waals surface area contributed by atoms with Crippen molar-refractivity contribution in [2.45, 2.75) is 43.0 Å². The van der Waals surface area contributed by atoms with Gasteiger partial charge in [0.05, 0.1) is 4.90 Å². The second kappa shape index (κ2) is 11.6. The van der Waals surface area contributed by atoms with Crippen LogP contribution in [0.4, 0.5) is 4.79 Å². The van der Waals surface area contributed by atoms with E-state index in [1.54, 1.807) is 30.5 Å². The molecule has 3 atom stereocenters. The Kier molecular flexibility index (Phi) is 7.74. The van der Waals surface area contributed by atoms with Gasteiger partial charge in [0.15, 0.2) is 0 Å². The molecule has 10 heteroatoms. The monoisotopic (exact) mass is 586 g/mol. The van der Waals surface area contributed by atoms with Gasteiger partial charge in [0.1, 0.15) is 17.5 Å². The first kappa shape index (κ1) is 28.0. The lowest BCUT2D eigenvalue weighted by Gasteiger charge is -2.30. The summed E-state index contributed by atoms with van der Waals surface area (Å²) < 4.78 is 34.7. The second-order valence-corrected chi connectivity index (χ2v) is 12.9. The van der Waals surface area contributed by atoms with Gasteiger partial charge in [-0.05, 0) is 85.7 Å². The van der Waals surface area contributed by atoms with Crippen molar-refractivity contribution in [3.05, 3.63) is 90.6 Å². The molecule has 9 nitrogen and oxygen atoms in total. The van der Waals surface area contributed by atoms with Crippen molar-refractivity contribution in [1.82, 2.24) is 14.2 Å². The summed E-state index contributed by atoms with van der Waals surface area (Å²) in [4.78, 5) is 32.0. The highest BCUT2D eigenvalue weighted by Gasteiger charge is 2.52. The molecular weight excluding hydrogens is 552 g/mol. The number of imide groups is 1. The number of aromatic amines is 1. The number of carbonyl (C=O) groups is 2. The summed E-state index contributed by atoms with van der Waals surface area (Å²) in [6, 6.07) is 20.7. The Hall–Kier alpha value is -4.15. The summed E-state index contributed by atoms with van der Waals surface area (Å²) in [5, 5.41) is 0.883. The van der Waals surface area contributed by atoms with Crippen molar-refractivity contribution in [3.63, 3.8) is 0 Å². The molecule has 3 unspecified atom stereocenters. The number of para-hydroxylation sites is 2. The van der Waals surface area contributed by atoms with E-state index in [2.05, 4.69) is 4.98 Å². The number of amides is 3. The summed E-state index contributed by atoms with van der Waals surface area (Å²) in [5.41, 5.74) is 7.57. The lowest BCUT2D eigenvalue weighted by molar-refractivity contribution is -0.128. The first-order valence-electron chi connectivity index (χ1n) is 14.3. The first-order valence-corrected chi connectivity index (χ1v) is 15.8. The van der Waals surface area contributed by atoms with Crippen LogP contribution >= 0.6 is 0 Å². The Morgan fingerprint density at radius 2 is 1.57 bits per heavy atom. The Balaban J connectivity index is 1.31. The molecule has 3 aromatic carbocycles. The number of benzene rings is 3. The van der Waals surface area contributed by atoms with E-state index in [0.717, 1.165) is 51.4 Å². The SMILES string of the molecule is NCC1CCCC(CN2C(=O)C(Cc3c[nH]c4ccccc34)N(S(=O)(=O)c3ccc(Oc4ccccc4)cc3)C2=O)C1. The highest BCUT2D eigenvalue weighted by atomic mass is 32.2. The number of hydrogen-bond acceptors (Lipinski definition) is 6. The molecule has 3 N–H and O–H groups in total. The van der Waals surface area contributed by atoms with Crippen molar-refractivity contribution >= 4 is 32.9 Å². The average Bonchev–Trinajstić information content (AvgIpc) is 3.52. The van der Waals surface area contributed by atoms with E-state index in [-0.39, 0.29) is 23.8 Å². The van der Waals surface area contributed by atoms with Crippen molar-refractivity contribution in [1.29, 1.82) is 0 Å². The van der Waals surface area contributed by atoms with Crippen molar-refractivity contribution in [3.8, 4) is 11.5 Å². The molecule has 2 heterocycles. The Labute approximate surface area is 245 Å². The van der Waals surface area contributed by atoms with Crippen LogP contribution in [0.1, 0.15) is 31.2 Å². The first-order chi connectivity index (χ1) is 20.3. The van der Waals surface area contributed by atoms with Gasteiger partial charge in [0.25, 0.3) is 15.9 Å². The lowest BCUT2D eigenvalue weighted by Crippen LogP contribution is -2.41. The fourth-order valence-electron chi connectivity index (χ4n) is 6.20. The Morgan fingerprint density at radius 1 is 0.881 bits per heavy atom. The predicted octanol–water partition coefficient (Wildman–Crippen LogP) is 5.29. The number of ether oxygens (including phenoxy) is 1. The van der Waals surface area contributed by atoms with Crippen molar-refractivity contribution in [2.75, 3.05) is 13.1 Å². The van der Waals surface area contributed by atoms with E-state index < -0.39 is 28.0 Å². The maximum Gasteiger partial charge on any atom is 0.341 e. The highest BCUT2D eigenvalue weighted by molar-refractivity contribution is 7.89. The number of carbonyl (C=O) groups excluding carboxylic acids is 2. The molecule has 1 saturated heterocycles. The van der Waals surface area contributed by atoms with Crippen LogP contribution in [0, 0.1) is 11.8 Å². The number of fused-ring (bicyclic) bond motifs is 1. The smallest absolute Gasteiger partial charge is 0.341 e. The van der Waals surface area contributed by atoms with Crippen LogP contribution in [0.5, 0.6) is 11.5 Å². The van der Waals surface area contributed by atoms with E-state index in [1.807, 2.05) is 42.5 Å². The largest absolute Gasteiger partial charge is 0.457 e. The van der Waals surface area contributed by atoms with Crippen LogP contribution in [0.25, 0.3) is 10.9 Å². The fourth-order valence-corrected chi connectivity index (χ4v) is 7.71. The molecular formula is C32H34N4O5S. The predicted molar refractivity (Wildman–Crippen MR) is 159 cm³/mol. The molecule has 2 aliphatic rings. The molecule has 42 heavy (non-hydrogen) atoms. The zero-order valence-electron chi connectivity index (χ0n) is 23.2. The third kappa shape index (κ3) is 5.39. The van der Waals surface area contributed by atoms with Gasteiger partial charge in [-0.3, -0.25) is 9.69 Å². The molecule has 2 fully saturated rings. The van der Waals surface area contributed by atoms with E-state index >= 15 is 0 Å². The standard InChI is InChI=1S/C32H34N4O5S/c33-19-22-7-6-8-23(17-22)21-35-31(37)30(18-24-20-34-29-12-5-4-11-28(24)29)36(32(35)38)42(39,40)27-15-13-26(14-16-27)41-25-9-2-1-3-10-25/h1-5,9-16,20,22-23,30,34H,6-8,17-19,21,33H2. The quantitative estimate of drug-likeness (QED) is 0.257. The normalized spacial score (nSPS) is 21.3. The van der Waals surface area contributed by atoms with E-state index in [4.69, 9.17) is 10.5 Å². The summed E-state index contributed by atoms with van der Waals surface area (Å²) in [6.07, 6.45) is 5.53. The van der Waals surface area contributed by atoms with Gasteiger partial charge in [-0.25, -0.2) is 17.5 Å². The minimum atomic E-state index is -4.37. The van der Waals surface area contributed by atoms with Gasteiger partial charge >= 0.3 is 6.03 Å². The number of nitrogens with zero attached hydrogens (tertiary/aromatic N) is 2. The second-order valence-electron chi connectivity index (χ2n) is 11.1. The third-order valence-corrected chi connectivity index (χ3v) is 10.2. The summed E-state index contributed by atoms with van der Waals surface area (Å²) >= 11 is 0. The van der Waals surface area contributed by atoms with Crippen molar-refractivity contribution in [2.24, 2.45) is 17.6 Å². The molecule has 0 spiro atoms. The Morgan fingerprint density at radius 3 is 2.33 bits per heavy atom. The zero-order valence-corrected chi connectivity index (χ0v) is 24.0.